The molecule has 2 N–H and O–H groups in total. The van der Waals surface area contributed by atoms with E-state index >= 15 is 0 Å². The standard InChI is InChI=1S/C18H20N4O4/c1-4-25-16(24)8-12-5-6-13-14(7-12)22(9-15(19)23)18(20-13)17-10(2)21-26-11(17)3/h5-7H,4,8-9H2,1-3H3,(H2,19,23). The van der Waals surface area contributed by atoms with Crippen LogP contribution in [0.4, 0.5) is 0 Å². The van der Waals surface area contributed by atoms with Gasteiger partial charge in [-0.25, -0.2) is 4.98 Å². The molecule has 1 aromatic carbocycles. The Morgan fingerprint density at radius 3 is 2.69 bits per heavy atom. The number of amides is 1. The number of fused-ring (bicyclic) bond motifs is 1. The van der Waals surface area contributed by atoms with Crippen LogP contribution in [-0.4, -0.2) is 33.2 Å². The Kier molecular flexibility index (Phi) is 4.75. The molecule has 0 atom stereocenters. The van der Waals surface area contributed by atoms with Crippen LogP contribution in [0.1, 0.15) is 23.9 Å². The van der Waals surface area contributed by atoms with E-state index in [1.54, 1.807) is 18.4 Å². The highest BCUT2D eigenvalue weighted by molar-refractivity contribution is 5.86. The zero-order chi connectivity index (χ0) is 18.8. The molecule has 1 amide bonds. The number of nitrogens with two attached hydrogens (primary N) is 1. The van der Waals surface area contributed by atoms with Crippen molar-refractivity contribution >= 4 is 22.9 Å². The molecule has 3 aromatic rings. The average molecular weight is 356 g/mol. The second-order valence-electron chi connectivity index (χ2n) is 5.99. The molecule has 0 spiro atoms. The van der Waals surface area contributed by atoms with Crippen molar-refractivity contribution < 1.29 is 18.8 Å². The van der Waals surface area contributed by atoms with Crippen LogP contribution in [0.2, 0.25) is 0 Å². The Labute approximate surface area is 149 Å². The van der Waals surface area contributed by atoms with Gasteiger partial charge in [-0.2, -0.15) is 0 Å². The molecular formula is C18H20N4O4. The average Bonchev–Trinajstić information content (AvgIpc) is 3.07. The van der Waals surface area contributed by atoms with Gasteiger partial charge in [0.05, 0.1) is 35.3 Å². The van der Waals surface area contributed by atoms with Gasteiger partial charge in [0, 0.05) is 0 Å². The number of hydrogen-bond acceptors (Lipinski definition) is 6. The van der Waals surface area contributed by atoms with Crippen molar-refractivity contribution in [1.82, 2.24) is 14.7 Å². The Balaban J connectivity index is 2.14. The van der Waals surface area contributed by atoms with Crippen molar-refractivity contribution in [2.45, 2.75) is 33.7 Å². The molecule has 136 valence electrons. The van der Waals surface area contributed by atoms with Crippen LogP contribution >= 0.6 is 0 Å². The van der Waals surface area contributed by atoms with E-state index in [1.807, 2.05) is 25.1 Å². The van der Waals surface area contributed by atoms with Gasteiger partial charge in [0.25, 0.3) is 0 Å². The van der Waals surface area contributed by atoms with Crippen LogP contribution in [0.25, 0.3) is 22.4 Å². The smallest absolute Gasteiger partial charge is 0.310 e. The summed E-state index contributed by atoms with van der Waals surface area (Å²) in [6.45, 7) is 5.65. The van der Waals surface area contributed by atoms with Gasteiger partial charge in [-0.15, -0.1) is 0 Å². The molecule has 3 rings (SSSR count). The van der Waals surface area contributed by atoms with Crippen LogP contribution in [0.5, 0.6) is 0 Å². The summed E-state index contributed by atoms with van der Waals surface area (Å²) in [5.41, 5.74) is 9.01. The first-order valence-corrected chi connectivity index (χ1v) is 8.27. The van der Waals surface area contributed by atoms with Crippen LogP contribution in [0.3, 0.4) is 0 Å². The summed E-state index contributed by atoms with van der Waals surface area (Å²) < 4.78 is 11.9. The first kappa shape index (κ1) is 17.7. The predicted molar refractivity (Wildman–Crippen MR) is 94.2 cm³/mol. The highest BCUT2D eigenvalue weighted by Crippen LogP contribution is 2.30. The predicted octanol–water partition coefficient (Wildman–Crippen LogP) is 1.90. The quantitative estimate of drug-likeness (QED) is 0.675. The third-order valence-electron chi connectivity index (χ3n) is 4.04. The molecule has 0 unspecified atom stereocenters. The van der Waals surface area contributed by atoms with Gasteiger partial charge >= 0.3 is 5.97 Å². The van der Waals surface area contributed by atoms with E-state index in [9.17, 15) is 9.59 Å². The normalized spacial score (nSPS) is 11.0. The molecule has 0 aliphatic heterocycles. The maximum atomic E-state index is 11.8. The molecule has 0 saturated carbocycles. The summed E-state index contributed by atoms with van der Waals surface area (Å²) in [7, 11) is 0. The molecule has 0 aliphatic rings. The number of nitrogens with zero attached hydrogens (tertiary/aromatic N) is 3. The number of ether oxygens (including phenoxy) is 1. The van der Waals surface area contributed by atoms with Crippen LogP contribution in [-0.2, 0) is 27.3 Å². The fourth-order valence-electron chi connectivity index (χ4n) is 2.97. The lowest BCUT2D eigenvalue weighted by molar-refractivity contribution is -0.142. The SMILES string of the molecule is CCOC(=O)Cc1ccc2nc(-c3c(C)noc3C)n(CC(N)=O)c2c1. The Morgan fingerprint density at radius 2 is 2.08 bits per heavy atom. The second kappa shape index (κ2) is 6.99. The lowest BCUT2D eigenvalue weighted by atomic mass is 10.1. The number of hydrogen-bond donors (Lipinski definition) is 1. The Morgan fingerprint density at radius 1 is 1.31 bits per heavy atom. The number of imidazole rings is 1. The zero-order valence-electron chi connectivity index (χ0n) is 14.9. The van der Waals surface area contributed by atoms with Crippen LogP contribution in [0, 0.1) is 13.8 Å². The van der Waals surface area contributed by atoms with Crippen LogP contribution < -0.4 is 5.73 Å². The van der Waals surface area contributed by atoms with Crippen LogP contribution in [0.15, 0.2) is 22.7 Å². The maximum absolute atomic E-state index is 11.8. The highest BCUT2D eigenvalue weighted by atomic mass is 16.5. The summed E-state index contributed by atoms with van der Waals surface area (Å²) in [5.74, 6) is 0.366. The molecule has 8 nitrogen and oxygen atoms in total. The summed E-state index contributed by atoms with van der Waals surface area (Å²) in [6.07, 6.45) is 0.145. The minimum absolute atomic E-state index is 0.0429. The molecule has 8 heteroatoms. The lowest BCUT2D eigenvalue weighted by Gasteiger charge is -2.07. The van der Waals surface area contributed by atoms with E-state index in [-0.39, 0.29) is 18.9 Å². The van der Waals surface area contributed by atoms with Gasteiger partial charge in [0.2, 0.25) is 5.91 Å². The van der Waals surface area contributed by atoms with Crippen molar-refractivity contribution in [2.24, 2.45) is 5.73 Å². The molecular weight excluding hydrogens is 336 g/mol. The number of carbonyl (C=O) groups excluding carboxylic acids is 2. The largest absolute Gasteiger partial charge is 0.466 e. The van der Waals surface area contributed by atoms with Gasteiger partial charge in [-0.05, 0) is 38.5 Å². The van der Waals surface area contributed by atoms with Crippen molar-refractivity contribution in [1.29, 1.82) is 0 Å². The number of carbonyl (C=O) groups is 2. The highest BCUT2D eigenvalue weighted by Gasteiger charge is 2.21. The van der Waals surface area contributed by atoms with Crippen molar-refractivity contribution in [3.05, 3.63) is 35.2 Å². The third-order valence-corrected chi connectivity index (χ3v) is 4.04. The minimum Gasteiger partial charge on any atom is -0.466 e. The number of rotatable bonds is 6. The van der Waals surface area contributed by atoms with E-state index in [4.69, 9.17) is 15.0 Å². The molecule has 2 heterocycles. The number of esters is 1. The molecule has 0 aliphatic carbocycles. The van der Waals surface area contributed by atoms with E-state index in [1.165, 1.54) is 0 Å². The number of benzene rings is 1. The zero-order valence-corrected chi connectivity index (χ0v) is 14.9. The van der Waals surface area contributed by atoms with Crippen molar-refractivity contribution in [3.63, 3.8) is 0 Å². The van der Waals surface area contributed by atoms with Gasteiger partial charge < -0.3 is 19.6 Å². The van der Waals surface area contributed by atoms with E-state index in [0.29, 0.717) is 34.9 Å². The molecule has 0 radical (unpaired) electrons. The summed E-state index contributed by atoms with van der Waals surface area (Å²) in [6, 6.07) is 5.45. The monoisotopic (exact) mass is 356 g/mol. The topological polar surface area (TPSA) is 113 Å². The molecule has 0 saturated heterocycles. The van der Waals surface area contributed by atoms with Crippen molar-refractivity contribution in [2.75, 3.05) is 6.61 Å². The van der Waals surface area contributed by atoms with Gasteiger partial charge in [-0.1, -0.05) is 11.2 Å². The Hall–Kier alpha value is -3.16. The summed E-state index contributed by atoms with van der Waals surface area (Å²) in [4.78, 5) is 28.0. The maximum Gasteiger partial charge on any atom is 0.310 e. The first-order chi connectivity index (χ1) is 12.4. The molecule has 2 aromatic heterocycles. The Bertz CT molecular complexity index is 967. The molecule has 0 bridgehead atoms. The van der Waals surface area contributed by atoms with E-state index < -0.39 is 5.91 Å². The first-order valence-electron chi connectivity index (χ1n) is 8.27. The number of primary amides is 1. The lowest BCUT2D eigenvalue weighted by Crippen LogP contribution is -2.19. The van der Waals surface area contributed by atoms with Gasteiger partial charge in [0.1, 0.15) is 18.1 Å². The molecule has 26 heavy (non-hydrogen) atoms. The summed E-state index contributed by atoms with van der Waals surface area (Å²) in [5, 5.41) is 3.95. The van der Waals surface area contributed by atoms with E-state index in [0.717, 1.165) is 11.1 Å². The minimum atomic E-state index is -0.492. The molecule has 0 fully saturated rings. The second-order valence-corrected chi connectivity index (χ2v) is 5.99. The fraction of sp³-hybridized carbons (Fsp3) is 0.333. The van der Waals surface area contributed by atoms with Gasteiger partial charge in [0.15, 0.2) is 0 Å². The van der Waals surface area contributed by atoms with Crippen molar-refractivity contribution in [3.8, 4) is 11.4 Å². The van der Waals surface area contributed by atoms with Gasteiger partial charge in [-0.3, -0.25) is 9.59 Å². The summed E-state index contributed by atoms with van der Waals surface area (Å²) >= 11 is 0. The third kappa shape index (κ3) is 3.30. The van der Waals surface area contributed by atoms with E-state index in [2.05, 4.69) is 10.1 Å². The fourth-order valence-corrected chi connectivity index (χ4v) is 2.97. The number of aryl methyl sites for hydroxylation is 2. The number of aromatic nitrogens is 3.